The molecule has 0 saturated carbocycles. The zero-order valence-corrected chi connectivity index (χ0v) is 10.5. The van der Waals surface area contributed by atoms with Crippen LogP contribution in [-0.4, -0.2) is 45.4 Å². The lowest BCUT2D eigenvalue weighted by Crippen LogP contribution is -2.46. The molecule has 1 fully saturated rings. The van der Waals surface area contributed by atoms with Crippen molar-refractivity contribution >= 4 is 28.0 Å². The van der Waals surface area contributed by atoms with Crippen LogP contribution in [0.15, 0.2) is 0 Å². The third kappa shape index (κ3) is 4.84. The minimum Gasteiger partial charge on any atom is -0.480 e. The summed E-state index contributed by atoms with van der Waals surface area (Å²) >= 11 is 0.691. The van der Waals surface area contributed by atoms with Gasteiger partial charge in [-0.15, -0.1) is 0 Å². The van der Waals surface area contributed by atoms with Gasteiger partial charge in [-0.3, -0.25) is 19.8 Å². The molecule has 1 saturated heterocycles. The first-order valence-electron chi connectivity index (χ1n) is 5.45. The molecule has 1 aliphatic rings. The molecule has 0 aromatic rings. The summed E-state index contributed by atoms with van der Waals surface area (Å²) in [5, 5.41) is 10.1. The van der Waals surface area contributed by atoms with Crippen molar-refractivity contribution in [1.82, 2.24) is 10.4 Å². The van der Waals surface area contributed by atoms with Crippen molar-refractivity contribution < 1.29 is 19.5 Å². The lowest BCUT2D eigenvalue weighted by molar-refractivity contribution is -0.143. The fraction of sp³-hybridized carbons (Fsp3) is 0.700. The summed E-state index contributed by atoms with van der Waals surface area (Å²) < 4.78 is 0. The van der Waals surface area contributed by atoms with Crippen LogP contribution in [0.5, 0.6) is 0 Å². The smallest absolute Gasteiger partial charge is 0.322 e. The van der Waals surface area contributed by atoms with E-state index in [0.29, 0.717) is 31.3 Å². The minimum atomic E-state index is -0.848. The Labute approximate surface area is 104 Å². The molecule has 0 amide bonds. The predicted molar refractivity (Wildman–Crippen MR) is 63.3 cm³/mol. The second kappa shape index (κ2) is 6.73. The van der Waals surface area contributed by atoms with Gasteiger partial charge < -0.3 is 5.11 Å². The van der Waals surface area contributed by atoms with E-state index in [1.807, 2.05) is 0 Å². The van der Waals surface area contributed by atoms with E-state index in [4.69, 9.17) is 5.11 Å². The molecule has 2 N–H and O–H groups in total. The molecule has 96 valence electrons. The first kappa shape index (κ1) is 14.1. The van der Waals surface area contributed by atoms with Crippen molar-refractivity contribution in [1.29, 1.82) is 0 Å². The van der Waals surface area contributed by atoms with Crippen molar-refractivity contribution in [3.05, 3.63) is 0 Å². The average molecular weight is 260 g/mol. The second-order valence-electron chi connectivity index (χ2n) is 3.81. The highest BCUT2D eigenvalue weighted by Gasteiger charge is 2.30. The van der Waals surface area contributed by atoms with Crippen molar-refractivity contribution in [2.75, 3.05) is 13.1 Å². The molecular weight excluding hydrogens is 244 g/mol. The van der Waals surface area contributed by atoms with Crippen molar-refractivity contribution in [3.63, 3.8) is 0 Å². The van der Waals surface area contributed by atoms with E-state index in [1.54, 1.807) is 5.01 Å². The Kier molecular flexibility index (Phi) is 5.60. The maximum Gasteiger partial charge on any atom is 0.322 e. The van der Waals surface area contributed by atoms with Crippen LogP contribution in [0.4, 0.5) is 0 Å². The van der Waals surface area contributed by atoms with Gasteiger partial charge in [-0.25, -0.2) is 5.01 Å². The van der Waals surface area contributed by atoms with Crippen LogP contribution in [0.25, 0.3) is 0 Å². The number of rotatable bonds is 5. The van der Waals surface area contributed by atoms with E-state index in [1.165, 1.54) is 6.92 Å². The molecule has 0 bridgehead atoms. The Balaban J connectivity index is 2.24. The molecule has 0 radical (unpaired) electrons. The summed E-state index contributed by atoms with van der Waals surface area (Å²) in [4.78, 5) is 32.7. The van der Waals surface area contributed by atoms with Gasteiger partial charge in [0.1, 0.15) is 6.04 Å². The highest BCUT2D eigenvalue weighted by atomic mass is 32.2. The second-order valence-corrected chi connectivity index (χ2v) is 5.05. The Morgan fingerprint density at radius 2 is 2.18 bits per heavy atom. The van der Waals surface area contributed by atoms with Crippen LogP contribution in [0.2, 0.25) is 0 Å². The SMILES string of the molecule is CC(=O)SC(=O)CCNN1CCC[C@H]1C(=O)O. The standard InChI is InChI=1S/C10H16N2O4S/c1-7(13)17-9(14)4-5-11-12-6-2-3-8(12)10(15)16/h8,11H,2-6H2,1H3,(H,15,16)/t8-/m0/s1. The van der Waals surface area contributed by atoms with E-state index in [2.05, 4.69) is 5.43 Å². The first-order valence-corrected chi connectivity index (χ1v) is 6.26. The molecule has 0 aliphatic carbocycles. The normalized spacial score (nSPS) is 20.4. The van der Waals surface area contributed by atoms with Gasteiger partial charge in [-0.05, 0) is 24.6 Å². The quantitative estimate of drug-likeness (QED) is 0.732. The van der Waals surface area contributed by atoms with Crippen LogP contribution in [0.3, 0.4) is 0 Å². The molecule has 0 spiro atoms. The van der Waals surface area contributed by atoms with Crippen molar-refractivity contribution in [2.24, 2.45) is 0 Å². The number of nitrogens with zero attached hydrogens (tertiary/aromatic N) is 1. The van der Waals surface area contributed by atoms with Gasteiger partial charge in [0.2, 0.25) is 0 Å². The molecule has 7 heteroatoms. The van der Waals surface area contributed by atoms with E-state index >= 15 is 0 Å². The lowest BCUT2D eigenvalue weighted by atomic mass is 10.2. The van der Waals surface area contributed by atoms with Gasteiger partial charge in [-0.1, -0.05) is 0 Å². The first-order chi connectivity index (χ1) is 8.00. The Bertz CT molecular complexity index is 321. The summed E-state index contributed by atoms with van der Waals surface area (Å²) in [5.74, 6) is -0.848. The number of hydrazine groups is 1. The number of aliphatic carboxylic acids is 1. The molecule has 1 aliphatic heterocycles. The molecular formula is C10H16N2O4S. The van der Waals surface area contributed by atoms with Gasteiger partial charge in [0.25, 0.3) is 0 Å². The van der Waals surface area contributed by atoms with E-state index in [9.17, 15) is 14.4 Å². The zero-order chi connectivity index (χ0) is 12.8. The molecule has 1 heterocycles. The summed E-state index contributed by atoms with van der Waals surface area (Å²) in [7, 11) is 0. The van der Waals surface area contributed by atoms with Crippen molar-refractivity contribution in [2.45, 2.75) is 32.2 Å². The number of hydrogen-bond acceptors (Lipinski definition) is 6. The van der Waals surface area contributed by atoms with E-state index < -0.39 is 12.0 Å². The van der Waals surface area contributed by atoms with E-state index in [-0.39, 0.29) is 16.7 Å². The summed E-state index contributed by atoms with van der Waals surface area (Å²) in [6, 6.07) is -0.509. The lowest BCUT2D eigenvalue weighted by Gasteiger charge is -2.21. The van der Waals surface area contributed by atoms with Crippen LogP contribution in [-0.2, 0) is 14.4 Å². The fourth-order valence-electron chi connectivity index (χ4n) is 1.73. The van der Waals surface area contributed by atoms with Crippen LogP contribution >= 0.6 is 11.8 Å². The summed E-state index contributed by atoms with van der Waals surface area (Å²) in [6.45, 7) is 2.38. The Morgan fingerprint density at radius 3 is 2.76 bits per heavy atom. The summed E-state index contributed by atoms with van der Waals surface area (Å²) in [6.07, 6.45) is 1.67. The van der Waals surface area contributed by atoms with Gasteiger partial charge in [-0.2, -0.15) is 0 Å². The number of carbonyl (C=O) groups is 3. The number of hydrogen-bond donors (Lipinski definition) is 2. The number of carboxylic acid groups (broad SMARTS) is 1. The van der Waals surface area contributed by atoms with Crippen LogP contribution < -0.4 is 5.43 Å². The highest BCUT2D eigenvalue weighted by Crippen LogP contribution is 2.14. The highest BCUT2D eigenvalue weighted by molar-refractivity contribution is 8.26. The van der Waals surface area contributed by atoms with E-state index in [0.717, 1.165) is 6.42 Å². The van der Waals surface area contributed by atoms with Crippen LogP contribution in [0, 0.1) is 0 Å². The maximum absolute atomic E-state index is 11.2. The van der Waals surface area contributed by atoms with Gasteiger partial charge >= 0.3 is 5.97 Å². The topological polar surface area (TPSA) is 86.7 Å². The van der Waals surface area contributed by atoms with Gasteiger partial charge in [0, 0.05) is 26.4 Å². The molecule has 0 unspecified atom stereocenters. The third-order valence-electron chi connectivity index (χ3n) is 2.44. The molecule has 0 aromatic carbocycles. The average Bonchev–Trinajstić information content (AvgIpc) is 2.64. The Morgan fingerprint density at radius 1 is 1.47 bits per heavy atom. The zero-order valence-electron chi connectivity index (χ0n) is 9.64. The number of nitrogens with one attached hydrogen (secondary N) is 1. The number of thioether (sulfide) groups is 1. The Hall–Kier alpha value is -0.920. The molecule has 1 rings (SSSR count). The number of carboxylic acids is 1. The van der Waals surface area contributed by atoms with Gasteiger partial charge in [0.05, 0.1) is 0 Å². The minimum absolute atomic E-state index is 0.198. The molecule has 6 nitrogen and oxygen atoms in total. The monoisotopic (exact) mass is 260 g/mol. The van der Waals surface area contributed by atoms with Gasteiger partial charge in [0.15, 0.2) is 10.2 Å². The van der Waals surface area contributed by atoms with Crippen LogP contribution in [0.1, 0.15) is 26.2 Å². The molecule has 17 heavy (non-hydrogen) atoms. The fourth-order valence-corrected chi connectivity index (χ4v) is 2.25. The number of carbonyl (C=O) groups excluding carboxylic acids is 2. The van der Waals surface area contributed by atoms with Crippen molar-refractivity contribution in [3.8, 4) is 0 Å². The molecule has 1 atom stereocenters. The largest absolute Gasteiger partial charge is 0.480 e. The third-order valence-corrected chi connectivity index (χ3v) is 3.16. The maximum atomic E-state index is 11.2. The summed E-state index contributed by atoms with van der Waals surface area (Å²) in [5.41, 5.74) is 2.92. The molecule has 0 aromatic heterocycles. The predicted octanol–water partition coefficient (Wildman–Crippen LogP) is 0.236.